The number of amides is 1. The molecule has 0 aliphatic rings. The maximum atomic E-state index is 12.5. The van der Waals surface area contributed by atoms with Crippen LogP contribution in [0, 0.1) is 5.92 Å². The predicted octanol–water partition coefficient (Wildman–Crippen LogP) is 3.04. The highest BCUT2D eigenvalue weighted by molar-refractivity contribution is 5.89. The van der Waals surface area contributed by atoms with Crippen LogP contribution in [0.3, 0.4) is 0 Å². The molecule has 1 aromatic rings. The molecule has 27 heavy (non-hydrogen) atoms. The number of hydroxylamine groups is 1. The molecular formula is C20H29NO6. The quantitative estimate of drug-likeness (QED) is 0.409. The molecule has 1 unspecified atom stereocenters. The number of ether oxygens (including phenoxy) is 2. The van der Waals surface area contributed by atoms with E-state index in [2.05, 4.69) is 0 Å². The highest BCUT2D eigenvalue weighted by atomic mass is 16.6. The van der Waals surface area contributed by atoms with E-state index in [0.717, 1.165) is 5.56 Å². The van der Waals surface area contributed by atoms with Crippen LogP contribution in [0.15, 0.2) is 24.3 Å². The fraction of sp³-hybridized carbons (Fsp3) is 0.550. The van der Waals surface area contributed by atoms with Crippen molar-refractivity contribution in [2.75, 3.05) is 0 Å². The minimum absolute atomic E-state index is 0.000786. The molecule has 1 rings (SSSR count). The number of hydrogen-bond acceptors (Lipinski definition) is 6. The summed E-state index contributed by atoms with van der Waals surface area (Å²) < 4.78 is 10.6. The highest BCUT2D eigenvalue weighted by Crippen LogP contribution is 2.20. The number of hydrogen-bond donors (Lipinski definition) is 2. The Labute approximate surface area is 160 Å². The van der Waals surface area contributed by atoms with E-state index >= 15 is 0 Å². The van der Waals surface area contributed by atoms with Gasteiger partial charge in [0.15, 0.2) is 0 Å². The lowest BCUT2D eigenvalue weighted by Gasteiger charge is -2.24. The topological polar surface area (TPSA) is 102 Å². The fourth-order valence-electron chi connectivity index (χ4n) is 2.39. The van der Waals surface area contributed by atoms with Gasteiger partial charge in [-0.15, -0.1) is 0 Å². The molecular weight excluding hydrogens is 350 g/mol. The molecule has 0 aliphatic carbocycles. The molecule has 1 aromatic carbocycles. The summed E-state index contributed by atoms with van der Waals surface area (Å²) in [6.07, 6.45) is 0.386. The summed E-state index contributed by atoms with van der Waals surface area (Å²) >= 11 is 0. The van der Waals surface area contributed by atoms with E-state index in [4.69, 9.17) is 14.7 Å². The fourth-order valence-corrected chi connectivity index (χ4v) is 2.39. The number of rotatable bonds is 8. The van der Waals surface area contributed by atoms with Crippen molar-refractivity contribution in [2.24, 2.45) is 5.92 Å². The number of nitrogens with one attached hydrogen (secondary N) is 1. The standard InChI is InChI=1S/C20H29NO6/c1-13(2)26-18(23)15-8-6-14(7-9-15)12-16(10-11-17(22)21-25)19(24)27-20(3,4)5/h6-9,13,16,25H,10-12H2,1-5H3,(H,21,22). The molecule has 0 aromatic heterocycles. The molecule has 0 aliphatic heterocycles. The van der Waals surface area contributed by atoms with Crippen molar-refractivity contribution in [1.82, 2.24) is 5.48 Å². The lowest BCUT2D eigenvalue weighted by molar-refractivity contribution is -0.160. The Morgan fingerprint density at radius 3 is 2.19 bits per heavy atom. The Balaban J connectivity index is 2.85. The lowest BCUT2D eigenvalue weighted by Crippen LogP contribution is -2.31. The van der Waals surface area contributed by atoms with E-state index in [1.54, 1.807) is 64.4 Å². The monoisotopic (exact) mass is 379 g/mol. The molecule has 0 heterocycles. The van der Waals surface area contributed by atoms with Gasteiger partial charge < -0.3 is 9.47 Å². The maximum absolute atomic E-state index is 12.5. The summed E-state index contributed by atoms with van der Waals surface area (Å²) in [7, 11) is 0. The second-order valence-corrected chi connectivity index (χ2v) is 7.66. The van der Waals surface area contributed by atoms with Crippen LogP contribution in [0.25, 0.3) is 0 Å². The summed E-state index contributed by atoms with van der Waals surface area (Å²) in [6.45, 7) is 8.88. The lowest BCUT2D eigenvalue weighted by atomic mass is 9.94. The van der Waals surface area contributed by atoms with E-state index in [1.807, 2.05) is 0 Å². The number of benzene rings is 1. The van der Waals surface area contributed by atoms with Gasteiger partial charge in [0.05, 0.1) is 17.6 Å². The van der Waals surface area contributed by atoms with Crippen LogP contribution in [0.2, 0.25) is 0 Å². The SMILES string of the molecule is CC(C)OC(=O)c1ccc(CC(CCC(=O)NO)C(=O)OC(C)(C)C)cc1. The smallest absolute Gasteiger partial charge is 0.338 e. The Morgan fingerprint density at radius 1 is 1.11 bits per heavy atom. The van der Waals surface area contributed by atoms with Gasteiger partial charge in [-0.25, -0.2) is 10.3 Å². The van der Waals surface area contributed by atoms with Crippen LogP contribution >= 0.6 is 0 Å². The second kappa shape index (κ2) is 10.1. The van der Waals surface area contributed by atoms with Crippen molar-refractivity contribution in [3.63, 3.8) is 0 Å². The number of carbonyl (C=O) groups excluding carboxylic acids is 3. The summed E-state index contributed by atoms with van der Waals surface area (Å²) in [6, 6.07) is 6.79. The first-order valence-electron chi connectivity index (χ1n) is 8.97. The number of esters is 2. The van der Waals surface area contributed by atoms with E-state index in [0.29, 0.717) is 12.0 Å². The van der Waals surface area contributed by atoms with Crippen LogP contribution in [0.4, 0.5) is 0 Å². The molecule has 0 bridgehead atoms. The van der Waals surface area contributed by atoms with E-state index in [9.17, 15) is 14.4 Å². The van der Waals surface area contributed by atoms with Gasteiger partial charge in [-0.2, -0.15) is 0 Å². The largest absolute Gasteiger partial charge is 0.460 e. The molecule has 7 nitrogen and oxygen atoms in total. The second-order valence-electron chi connectivity index (χ2n) is 7.66. The van der Waals surface area contributed by atoms with Gasteiger partial charge in [0.25, 0.3) is 0 Å². The van der Waals surface area contributed by atoms with Crippen LogP contribution in [-0.4, -0.2) is 34.8 Å². The molecule has 1 amide bonds. The van der Waals surface area contributed by atoms with Crippen molar-refractivity contribution < 1.29 is 29.1 Å². The Kier molecular flexibility index (Phi) is 8.43. The third kappa shape index (κ3) is 8.68. The summed E-state index contributed by atoms with van der Waals surface area (Å²) in [5, 5.41) is 8.65. The Morgan fingerprint density at radius 2 is 1.70 bits per heavy atom. The van der Waals surface area contributed by atoms with E-state index < -0.39 is 29.4 Å². The van der Waals surface area contributed by atoms with Crippen LogP contribution in [-0.2, 0) is 25.5 Å². The zero-order chi connectivity index (χ0) is 20.6. The normalized spacial score (nSPS) is 12.4. The van der Waals surface area contributed by atoms with E-state index in [1.165, 1.54) is 0 Å². The average molecular weight is 379 g/mol. The Bertz CT molecular complexity index is 645. The summed E-state index contributed by atoms with van der Waals surface area (Å²) in [4.78, 5) is 35.7. The minimum Gasteiger partial charge on any atom is -0.460 e. The average Bonchev–Trinajstić information content (AvgIpc) is 2.56. The first kappa shape index (κ1) is 22.6. The Hall–Kier alpha value is -2.41. The van der Waals surface area contributed by atoms with E-state index in [-0.39, 0.29) is 18.9 Å². The van der Waals surface area contributed by atoms with Gasteiger partial charge in [-0.05, 0) is 65.2 Å². The molecule has 150 valence electrons. The van der Waals surface area contributed by atoms with Crippen molar-refractivity contribution >= 4 is 17.8 Å². The predicted molar refractivity (Wildman–Crippen MR) is 99.2 cm³/mol. The van der Waals surface area contributed by atoms with Gasteiger partial charge in [0, 0.05) is 6.42 Å². The summed E-state index contributed by atoms with van der Waals surface area (Å²) in [5.74, 6) is -1.92. The molecule has 2 N–H and O–H groups in total. The zero-order valence-electron chi connectivity index (χ0n) is 16.6. The third-order valence-electron chi connectivity index (χ3n) is 3.60. The minimum atomic E-state index is -0.640. The molecule has 0 radical (unpaired) electrons. The molecule has 0 saturated carbocycles. The van der Waals surface area contributed by atoms with Crippen LogP contribution < -0.4 is 5.48 Å². The molecule has 0 saturated heterocycles. The van der Waals surface area contributed by atoms with Gasteiger partial charge in [-0.1, -0.05) is 12.1 Å². The number of carbonyl (C=O) groups is 3. The van der Waals surface area contributed by atoms with Crippen molar-refractivity contribution in [3.05, 3.63) is 35.4 Å². The third-order valence-corrected chi connectivity index (χ3v) is 3.60. The van der Waals surface area contributed by atoms with Crippen molar-refractivity contribution in [1.29, 1.82) is 0 Å². The first-order chi connectivity index (χ1) is 12.5. The summed E-state index contributed by atoms with van der Waals surface area (Å²) in [5.41, 5.74) is 2.19. The van der Waals surface area contributed by atoms with Gasteiger partial charge in [0.2, 0.25) is 5.91 Å². The van der Waals surface area contributed by atoms with Crippen molar-refractivity contribution in [2.45, 2.75) is 65.6 Å². The zero-order valence-corrected chi connectivity index (χ0v) is 16.6. The van der Waals surface area contributed by atoms with Crippen LogP contribution in [0.5, 0.6) is 0 Å². The maximum Gasteiger partial charge on any atom is 0.338 e. The molecule has 0 fully saturated rings. The van der Waals surface area contributed by atoms with Gasteiger partial charge in [-0.3, -0.25) is 14.8 Å². The van der Waals surface area contributed by atoms with Crippen molar-refractivity contribution in [3.8, 4) is 0 Å². The molecule has 1 atom stereocenters. The van der Waals surface area contributed by atoms with Crippen LogP contribution in [0.1, 0.15) is 63.4 Å². The van der Waals surface area contributed by atoms with Gasteiger partial charge in [0.1, 0.15) is 5.60 Å². The van der Waals surface area contributed by atoms with Gasteiger partial charge >= 0.3 is 11.9 Å². The molecule has 7 heteroatoms. The first-order valence-corrected chi connectivity index (χ1v) is 8.97. The highest BCUT2D eigenvalue weighted by Gasteiger charge is 2.26. The molecule has 0 spiro atoms.